The molecule has 0 saturated heterocycles. The van der Waals surface area contributed by atoms with Crippen molar-refractivity contribution in [2.75, 3.05) is 0 Å². The molecule has 4 heteroatoms. The molecule has 2 aromatic carbocycles. The van der Waals surface area contributed by atoms with Crippen LogP contribution in [0.4, 0.5) is 4.39 Å². The van der Waals surface area contributed by atoms with Gasteiger partial charge in [-0.15, -0.1) is 0 Å². The van der Waals surface area contributed by atoms with Crippen molar-refractivity contribution in [1.82, 2.24) is 15.0 Å². The fourth-order valence-corrected chi connectivity index (χ4v) is 2.44. The topological polar surface area (TPSA) is 38.7 Å². The van der Waals surface area contributed by atoms with Gasteiger partial charge in [-0.2, -0.15) is 0 Å². The lowest BCUT2D eigenvalue weighted by Gasteiger charge is -2.05. The second-order valence-electron chi connectivity index (χ2n) is 5.17. The number of nitrogens with zero attached hydrogens (tertiary/aromatic N) is 3. The number of aromatic nitrogens is 3. The van der Waals surface area contributed by atoms with Crippen molar-refractivity contribution in [3.63, 3.8) is 0 Å². The molecule has 0 radical (unpaired) electrons. The average Bonchev–Trinajstić information content (AvgIpc) is 2.62. The number of hydrogen-bond donors (Lipinski definition) is 0. The van der Waals surface area contributed by atoms with Crippen molar-refractivity contribution in [3.8, 4) is 22.8 Å². The summed E-state index contributed by atoms with van der Waals surface area (Å²) in [5.74, 6) is 0.315. The molecule has 0 amide bonds. The number of fused-ring (bicyclic) bond motifs is 1. The van der Waals surface area contributed by atoms with Crippen molar-refractivity contribution in [2.45, 2.75) is 0 Å². The molecule has 2 heterocycles. The van der Waals surface area contributed by atoms with E-state index in [1.807, 2.05) is 42.5 Å². The van der Waals surface area contributed by atoms with E-state index in [-0.39, 0.29) is 5.82 Å². The molecule has 2 aromatic heterocycles. The second kappa shape index (κ2) is 5.57. The van der Waals surface area contributed by atoms with E-state index in [1.54, 1.807) is 18.3 Å². The van der Waals surface area contributed by atoms with E-state index in [2.05, 4.69) is 15.0 Å². The van der Waals surface area contributed by atoms with Crippen LogP contribution < -0.4 is 0 Å². The van der Waals surface area contributed by atoms with Crippen LogP contribution in [0, 0.1) is 5.82 Å². The van der Waals surface area contributed by atoms with Gasteiger partial charge in [-0.1, -0.05) is 24.3 Å². The summed E-state index contributed by atoms with van der Waals surface area (Å²) in [6.07, 6.45) is 1.80. The predicted octanol–water partition coefficient (Wildman–Crippen LogP) is 4.50. The minimum absolute atomic E-state index is 0.261. The van der Waals surface area contributed by atoms with Crippen LogP contribution in [0.3, 0.4) is 0 Å². The van der Waals surface area contributed by atoms with Crippen LogP contribution in [0.2, 0.25) is 0 Å². The fraction of sp³-hybridized carbons (Fsp3) is 0. The maximum atomic E-state index is 13.1. The van der Waals surface area contributed by atoms with Crippen molar-refractivity contribution in [3.05, 3.63) is 78.7 Å². The Morgan fingerprint density at radius 2 is 1.48 bits per heavy atom. The molecule has 0 spiro atoms. The zero-order valence-corrected chi connectivity index (χ0v) is 12.1. The van der Waals surface area contributed by atoms with Gasteiger partial charge in [0.2, 0.25) is 0 Å². The number of pyridine rings is 1. The Hall–Kier alpha value is -3.14. The molecular weight excluding hydrogens is 289 g/mol. The van der Waals surface area contributed by atoms with Crippen molar-refractivity contribution >= 4 is 10.9 Å². The molecule has 0 aliphatic heterocycles. The lowest BCUT2D eigenvalue weighted by atomic mass is 10.1. The molecule has 0 atom stereocenters. The van der Waals surface area contributed by atoms with Crippen LogP contribution in [0.15, 0.2) is 72.9 Å². The van der Waals surface area contributed by atoms with Crippen LogP contribution in [-0.2, 0) is 0 Å². The molecule has 110 valence electrons. The number of benzene rings is 2. The summed E-state index contributed by atoms with van der Waals surface area (Å²) in [6, 6.07) is 19.8. The molecule has 0 saturated carbocycles. The number of rotatable bonds is 2. The zero-order valence-electron chi connectivity index (χ0n) is 12.1. The normalized spacial score (nSPS) is 10.8. The highest BCUT2D eigenvalue weighted by atomic mass is 19.1. The number of hydrogen-bond acceptors (Lipinski definition) is 3. The molecule has 23 heavy (non-hydrogen) atoms. The SMILES string of the molecule is Fc1ccc(-c2cccc(-c3ncc4ccccc4n3)n2)cc1. The Balaban J connectivity index is 1.79. The smallest absolute Gasteiger partial charge is 0.178 e. The summed E-state index contributed by atoms with van der Waals surface area (Å²) < 4.78 is 13.1. The van der Waals surface area contributed by atoms with E-state index in [1.165, 1.54) is 12.1 Å². The predicted molar refractivity (Wildman–Crippen MR) is 88.2 cm³/mol. The first-order valence-electron chi connectivity index (χ1n) is 7.25. The Kier molecular flexibility index (Phi) is 3.27. The van der Waals surface area contributed by atoms with E-state index >= 15 is 0 Å². The van der Waals surface area contributed by atoms with E-state index in [0.717, 1.165) is 22.2 Å². The van der Waals surface area contributed by atoms with Gasteiger partial charge in [0.05, 0.1) is 11.2 Å². The summed E-state index contributed by atoms with van der Waals surface area (Å²) >= 11 is 0. The van der Waals surface area contributed by atoms with Crippen LogP contribution >= 0.6 is 0 Å². The summed E-state index contributed by atoms with van der Waals surface area (Å²) in [6.45, 7) is 0. The molecule has 0 aliphatic rings. The molecule has 3 nitrogen and oxygen atoms in total. The number of halogens is 1. The van der Waals surface area contributed by atoms with E-state index in [0.29, 0.717) is 11.5 Å². The van der Waals surface area contributed by atoms with Crippen LogP contribution in [-0.4, -0.2) is 15.0 Å². The Labute approximate surface area is 132 Å². The minimum Gasteiger partial charge on any atom is -0.244 e. The highest BCUT2D eigenvalue weighted by Crippen LogP contribution is 2.22. The van der Waals surface area contributed by atoms with E-state index in [4.69, 9.17) is 0 Å². The molecular formula is C19H12FN3. The highest BCUT2D eigenvalue weighted by Gasteiger charge is 2.07. The molecule has 0 bridgehead atoms. The van der Waals surface area contributed by atoms with Crippen LogP contribution in [0.1, 0.15) is 0 Å². The van der Waals surface area contributed by atoms with E-state index < -0.39 is 0 Å². The monoisotopic (exact) mass is 301 g/mol. The summed E-state index contributed by atoms with van der Waals surface area (Å²) in [7, 11) is 0. The average molecular weight is 301 g/mol. The number of para-hydroxylation sites is 1. The standard InChI is InChI=1S/C19H12FN3/c20-15-10-8-13(9-11-15)16-6-3-7-18(22-16)19-21-12-14-4-1-2-5-17(14)23-19/h1-12H. The first kappa shape index (κ1) is 13.5. The van der Waals surface area contributed by atoms with E-state index in [9.17, 15) is 4.39 Å². The van der Waals surface area contributed by atoms with Crippen molar-refractivity contribution in [1.29, 1.82) is 0 Å². The Morgan fingerprint density at radius 3 is 2.35 bits per heavy atom. The van der Waals surface area contributed by atoms with Crippen molar-refractivity contribution < 1.29 is 4.39 Å². The highest BCUT2D eigenvalue weighted by molar-refractivity contribution is 5.79. The lowest BCUT2D eigenvalue weighted by molar-refractivity contribution is 0.628. The van der Waals surface area contributed by atoms with Gasteiger partial charge in [0.1, 0.15) is 11.5 Å². The third-order valence-corrected chi connectivity index (χ3v) is 3.61. The van der Waals surface area contributed by atoms with Gasteiger partial charge in [0.25, 0.3) is 0 Å². The van der Waals surface area contributed by atoms with Gasteiger partial charge in [0, 0.05) is 17.1 Å². The van der Waals surface area contributed by atoms with Gasteiger partial charge < -0.3 is 0 Å². The Morgan fingerprint density at radius 1 is 0.696 bits per heavy atom. The quantitative estimate of drug-likeness (QED) is 0.547. The van der Waals surface area contributed by atoms with Gasteiger partial charge in [-0.05, 0) is 42.5 Å². The van der Waals surface area contributed by atoms with Gasteiger partial charge in [-0.3, -0.25) is 0 Å². The maximum absolute atomic E-state index is 13.1. The second-order valence-corrected chi connectivity index (χ2v) is 5.17. The Bertz CT molecular complexity index is 981. The van der Waals surface area contributed by atoms with Crippen LogP contribution in [0.5, 0.6) is 0 Å². The minimum atomic E-state index is -0.261. The molecule has 0 aliphatic carbocycles. The molecule has 0 fully saturated rings. The first-order valence-corrected chi connectivity index (χ1v) is 7.25. The zero-order chi connectivity index (χ0) is 15.6. The summed E-state index contributed by atoms with van der Waals surface area (Å²) in [5.41, 5.74) is 3.19. The molecule has 4 aromatic rings. The molecule has 0 N–H and O–H groups in total. The fourth-order valence-electron chi connectivity index (χ4n) is 2.44. The molecule has 4 rings (SSSR count). The first-order chi connectivity index (χ1) is 11.3. The largest absolute Gasteiger partial charge is 0.244 e. The lowest BCUT2D eigenvalue weighted by Crippen LogP contribution is -1.94. The van der Waals surface area contributed by atoms with Gasteiger partial charge in [0.15, 0.2) is 5.82 Å². The third-order valence-electron chi connectivity index (χ3n) is 3.61. The van der Waals surface area contributed by atoms with Crippen molar-refractivity contribution in [2.24, 2.45) is 0 Å². The maximum Gasteiger partial charge on any atom is 0.178 e. The summed E-state index contributed by atoms with van der Waals surface area (Å²) in [5, 5.41) is 0.992. The summed E-state index contributed by atoms with van der Waals surface area (Å²) in [4.78, 5) is 13.6. The van der Waals surface area contributed by atoms with Crippen LogP contribution in [0.25, 0.3) is 33.7 Å². The van der Waals surface area contributed by atoms with Gasteiger partial charge >= 0.3 is 0 Å². The van der Waals surface area contributed by atoms with Gasteiger partial charge in [-0.25, -0.2) is 19.3 Å². The third kappa shape index (κ3) is 2.66. The molecule has 0 unspecified atom stereocenters.